The summed E-state index contributed by atoms with van der Waals surface area (Å²) < 4.78 is 0. The van der Waals surface area contributed by atoms with Gasteiger partial charge in [-0.05, 0) is 73.9 Å². The Morgan fingerprint density at radius 2 is 0.889 bits per heavy atom. The van der Waals surface area contributed by atoms with Gasteiger partial charge < -0.3 is 50.4 Å². The van der Waals surface area contributed by atoms with Crippen LogP contribution < -0.4 is 69.3 Å². The standard InChI is InChI=1S/2C18H24Cl2O6.2Na/c2*19-13-8-7-12(15(20)9-13)5-3-1-2-4-6-14(21)10-18(26,17(24)25)11-16(22)23;;/h2*7-9,14,21,26H,1-6,10-11H2,(H,22,23)(H,24,25);;/q;;2*+1/p-2. The maximum atomic E-state index is 11.0. The number of hydrogen-bond donors (Lipinski definition) is 6. The summed E-state index contributed by atoms with van der Waals surface area (Å²) >= 11 is 23.9. The van der Waals surface area contributed by atoms with Crippen LogP contribution in [0.2, 0.25) is 20.1 Å². The second kappa shape index (κ2) is 28.7. The molecule has 2 aromatic rings. The molecule has 12 nitrogen and oxygen atoms in total. The van der Waals surface area contributed by atoms with Gasteiger partial charge in [0.25, 0.3) is 0 Å². The zero-order valence-corrected chi connectivity index (χ0v) is 37.6. The van der Waals surface area contributed by atoms with Crippen LogP contribution in [0, 0.1) is 0 Å². The fourth-order valence-electron chi connectivity index (χ4n) is 5.48. The Morgan fingerprint density at radius 3 is 1.17 bits per heavy atom. The number of carbonyl (C=O) groups excluding carboxylic acids is 2. The molecule has 4 atom stereocenters. The number of carboxylic acids is 4. The number of halogens is 4. The van der Waals surface area contributed by atoms with Crippen LogP contribution in [0.25, 0.3) is 0 Å². The summed E-state index contributed by atoms with van der Waals surface area (Å²) in [7, 11) is 0. The van der Waals surface area contributed by atoms with Crippen LogP contribution in [0.1, 0.15) is 101 Å². The van der Waals surface area contributed by atoms with Crippen LogP contribution in [0.3, 0.4) is 0 Å². The van der Waals surface area contributed by atoms with E-state index in [4.69, 9.17) is 56.6 Å². The fourth-order valence-corrected chi connectivity index (χ4v) is 6.48. The van der Waals surface area contributed by atoms with E-state index >= 15 is 0 Å². The zero-order chi connectivity index (χ0) is 39.5. The van der Waals surface area contributed by atoms with E-state index in [2.05, 4.69) is 0 Å². The van der Waals surface area contributed by atoms with Crippen molar-refractivity contribution in [3.63, 3.8) is 0 Å². The van der Waals surface area contributed by atoms with Crippen LogP contribution >= 0.6 is 46.4 Å². The van der Waals surface area contributed by atoms with Crippen LogP contribution in [-0.4, -0.2) is 77.9 Å². The van der Waals surface area contributed by atoms with Gasteiger partial charge in [-0.2, -0.15) is 0 Å². The van der Waals surface area contributed by atoms with E-state index in [9.17, 15) is 49.8 Å². The van der Waals surface area contributed by atoms with Gasteiger partial charge in [-0.3, -0.25) is 0 Å². The minimum atomic E-state index is -2.51. The fraction of sp³-hybridized carbons (Fsp3) is 0.556. The zero-order valence-electron chi connectivity index (χ0n) is 30.6. The second-order valence-electron chi connectivity index (χ2n) is 12.9. The molecule has 0 fully saturated rings. The van der Waals surface area contributed by atoms with Crippen molar-refractivity contribution in [3.05, 3.63) is 67.6 Å². The van der Waals surface area contributed by atoms with Gasteiger partial charge in [-0.25, -0.2) is 9.59 Å². The van der Waals surface area contributed by atoms with Crippen molar-refractivity contribution in [3.8, 4) is 0 Å². The van der Waals surface area contributed by atoms with Gasteiger partial charge in [-0.15, -0.1) is 0 Å². The molecule has 0 heterocycles. The predicted molar refractivity (Wildman–Crippen MR) is 192 cm³/mol. The van der Waals surface area contributed by atoms with Crippen molar-refractivity contribution in [2.24, 2.45) is 0 Å². The molecule has 0 aliphatic heterocycles. The molecular formula is C36H46Cl4Na2O12. The molecule has 0 amide bonds. The van der Waals surface area contributed by atoms with Crippen molar-refractivity contribution in [2.75, 3.05) is 0 Å². The molecule has 0 aliphatic carbocycles. The summed E-state index contributed by atoms with van der Waals surface area (Å²) in [6.07, 6.45) is 3.29. The number of carboxylic acid groups (broad SMARTS) is 4. The van der Waals surface area contributed by atoms with Crippen molar-refractivity contribution in [1.82, 2.24) is 0 Å². The van der Waals surface area contributed by atoms with Crippen molar-refractivity contribution < 1.29 is 119 Å². The molecule has 4 unspecified atom stereocenters. The SMILES string of the molecule is O=C([O-])CC(O)(CC(O)CCCCCCc1ccc(Cl)cc1Cl)C(=O)O.O=C([O-])CC(O)(CC(O)CCCCCCc1ccc(Cl)cc1Cl)C(=O)O.[Na+].[Na+]. The first-order chi connectivity index (χ1) is 24.3. The molecule has 54 heavy (non-hydrogen) atoms. The van der Waals surface area contributed by atoms with E-state index in [-0.39, 0.29) is 72.0 Å². The molecule has 2 aromatic carbocycles. The van der Waals surface area contributed by atoms with Gasteiger partial charge in [0, 0.05) is 57.7 Å². The average molecular weight is 859 g/mol. The molecule has 6 N–H and O–H groups in total. The molecule has 0 saturated carbocycles. The molecule has 0 saturated heterocycles. The number of aliphatic hydroxyl groups is 4. The largest absolute Gasteiger partial charge is 1.00 e. The average Bonchev–Trinajstić information content (AvgIpc) is 3.01. The second-order valence-corrected chi connectivity index (χ2v) is 14.6. The predicted octanol–water partition coefficient (Wildman–Crippen LogP) is -1.61. The van der Waals surface area contributed by atoms with E-state index in [1.165, 1.54) is 0 Å². The molecule has 2 rings (SSSR count). The summed E-state index contributed by atoms with van der Waals surface area (Å²) in [6.45, 7) is 0. The Morgan fingerprint density at radius 1 is 0.574 bits per heavy atom. The van der Waals surface area contributed by atoms with E-state index in [1.807, 2.05) is 12.1 Å². The van der Waals surface area contributed by atoms with Gasteiger partial charge in [0.1, 0.15) is 0 Å². The van der Waals surface area contributed by atoms with Crippen LogP contribution in [0.15, 0.2) is 36.4 Å². The Balaban J connectivity index is 0. The molecular weight excluding hydrogens is 812 g/mol. The summed E-state index contributed by atoms with van der Waals surface area (Å²) in [5.74, 6) is -6.72. The smallest absolute Gasteiger partial charge is 0.550 e. The molecule has 0 bridgehead atoms. The number of aliphatic carboxylic acids is 4. The normalized spacial score (nSPS) is 14.1. The minimum Gasteiger partial charge on any atom is -0.550 e. The topological polar surface area (TPSA) is 236 Å². The van der Waals surface area contributed by atoms with Gasteiger partial charge >= 0.3 is 71.1 Å². The number of rotatable bonds is 24. The van der Waals surface area contributed by atoms with Gasteiger partial charge in [0.2, 0.25) is 0 Å². The Labute approximate surface area is 379 Å². The van der Waals surface area contributed by atoms with Crippen LogP contribution in [0.5, 0.6) is 0 Å². The maximum Gasteiger partial charge on any atom is 1.00 e. The van der Waals surface area contributed by atoms with Gasteiger partial charge in [-0.1, -0.05) is 97.1 Å². The Kier molecular flexibility index (Phi) is 29.4. The minimum absolute atomic E-state index is 0. The number of carbonyl (C=O) groups is 4. The molecule has 0 radical (unpaired) electrons. The third-order valence-corrected chi connectivity index (χ3v) is 9.49. The molecule has 0 aliphatic rings. The summed E-state index contributed by atoms with van der Waals surface area (Å²) in [5, 5.41) is 80.9. The van der Waals surface area contributed by atoms with E-state index < -0.39 is 73.0 Å². The number of benzene rings is 2. The van der Waals surface area contributed by atoms with Crippen molar-refractivity contribution in [2.45, 2.75) is 126 Å². The number of aliphatic hydroxyl groups excluding tert-OH is 2. The maximum absolute atomic E-state index is 11.0. The molecule has 18 heteroatoms. The molecule has 0 spiro atoms. The van der Waals surface area contributed by atoms with Crippen LogP contribution in [0.4, 0.5) is 0 Å². The van der Waals surface area contributed by atoms with E-state index in [1.54, 1.807) is 24.3 Å². The third kappa shape index (κ3) is 22.9. The number of aryl methyl sites for hydroxylation is 2. The van der Waals surface area contributed by atoms with E-state index in [0.29, 0.717) is 32.9 Å². The quantitative estimate of drug-likeness (QED) is 0.0518. The molecule has 292 valence electrons. The summed E-state index contributed by atoms with van der Waals surface area (Å²) in [4.78, 5) is 43.2. The summed E-state index contributed by atoms with van der Waals surface area (Å²) in [6, 6.07) is 10.7. The first-order valence-electron chi connectivity index (χ1n) is 16.8. The monoisotopic (exact) mass is 856 g/mol. The van der Waals surface area contributed by atoms with Crippen molar-refractivity contribution >= 4 is 70.3 Å². The summed E-state index contributed by atoms with van der Waals surface area (Å²) in [5.41, 5.74) is -2.98. The number of hydrogen-bond acceptors (Lipinski definition) is 10. The third-order valence-electron chi connectivity index (χ3n) is 8.31. The van der Waals surface area contributed by atoms with Gasteiger partial charge in [0.05, 0.1) is 12.2 Å². The first kappa shape index (κ1) is 55.4. The Bertz CT molecular complexity index is 1360. The number of unbranched alkanes of at least 4 members (excludes halogenated alkanes) is 6. The molecule has 0 aromatic heterocycles. The van der Waals surface area contributed by atoms with Gasteiger partial charge in [0.15, 0.2) is 11.2 Å². The first-order valence-corrected chi connectivity index (χ1v) is 18.3. The van der Waals surface area contributed by atoms with Crippen molar-refractivity contribution in [1.29, 1.82) is 0 Å². The van der Waals surface area contributed by atoms with E-state index in [0.717, 1.165) is 62.5 Å². The Hall–Kier alpha value is -0.680. The van der Waals surface area contributed by atoms with Crippen LogP contribution in [-0.2, 0) is 32.0 Å².